The van der Waals surface area contributed by atoms with Crippen LogP contribution in [0.5, 0.6) is 0 Å². The van der Waals surface area contributed by atoms with Gasteiger partial charge in [-0.3, -0.25) is 4.90 Å². The highest BCUT2D eigenvalue weighted by molar-refractivity contribution is 6.31. The minimum absolute atomic E-state index is 0.405. The van der Waals surface area contributed by atoms with Crippen molar-refractivity contribution in [2.75, 3.05) is 19.8 Å². The molecule has 0 saturated heterocycles. The number of hydrogen-bond donors (Lipinski definition) is 1. The molecular formula is C17H26ClNO2. The van der Waals surface area contributed by atoms with Crippen molar-refractivity contribution in [3.63, 3.8) is 0 Å². The first-order valence-corrected chi connectivity index (χ1v) is 8.31. The molecule has 118 valence electrons. The Morgan fingerprint density at radius 1 is 1.33 bits per heavy atom. The standard InChI is InChI=1S/C17H26ClNO2/c1-2-21-13-16(20)12-19(15-8-4-5-9-15)11-14-7-3-6-10-17(14)18/h3,6-7,10,15-16,20H,2,4-5,8-9,11-13H2,1H3. The van der Waals surface area contributed by atoms with Crippen molar-refractivity contribution in [2.45, 2.75) is 51.3 Å². The Balaban J connectivity index is 2.00. The molecule has 2 rings (SSSR count). The minimum atomic E-state index is -0.437. The van der Waals surface area contributed by atoms with Gasteiger partial charge in [0.2, 0.25) is 0 Å². The summed E-state index contributed by atoms with van der Waals surface area (Å²) in [6.07, 6.45) is 4.56. The zero-order valence-corrected chi connectivity index (χ0v) is 13.6. The van der Waals surface area contributed by atoms with Gasteiger partial charge >= 0.3 is 0 Å². The monoisotopic (exact) mass is 311 g/mol. The van der Waals surface area contributed by atoms with Crippen LogP contribution in [0.25, 0.3) is 0 Å². The number of halogens is 1. The van der Waals surface area contributed by atoms with Crippen molar-refractivity contribution < 1.29 is 9.84 Å². The van der Waals surface area contributed by atoms with Gasteiger partial charge in [-0.2, -0.15) is 0 Å². The molecule has 4 heteroatoms. The Bertz CT molecular complexity index is 421. The van der Waals surface area contributed by atoms with Crippen molar-refractivity contribution in [1.29, 1.82) is 0 Å². The second-order valence-electron chi connectivity index (χ2n) is 5.77. The fourth-order valence-electron chi connectivity index (χ4n) is 3.03. The largest absolute Gasteiger partial charge is 0.389 e. The van der Waals surface area contributed by atoms with Crippen molar-refractivity contribution in [2.24, 2.45) is 0 Å². The summed E-state index contributed by atoms with van der Waals surface area (Å²) in [4.78, 5) is 2.37. The molecule has 0 bridgehead atoms. The van der Waals surface area contributed by atoms with Gasteiger partial charge in [-0.1, -0.05) is 42.6 Å². The smallest absolute Gasteiger partial charge is 0.0900 e. The maximum absolute atomic E-state index is 10.2. The van der Waals surface area contributed by atoms with Gasteiger partial charge in [-0.25, -0.2) is 0 Å². The molecule has 0 heterocycles. The average Bonchev–Trinajstić information content (AvgIpc) is 3.01. The summed E-state index contributed by atoms with van der Waals surface area (Å²) in [6, 6.07) is 8.53. The second kappa shape index (κ2) is 8.74. The van der Waals surface area contributed by atoms with Crippen LogP contribution in [0.4, 0.5) is 0 Å². The van der Waals surface area contributed by atoms with Crippen LogP contribution in [-0.4, -0.2) is 41.9 Å². The number of benzene rings is 1. The minimum Gasteiger partial charge on any atom is -0.389 e. The zero-order chi connectivity index (χ0) is 15.1. The van der Waals surface area contributed by atoms with Crippen LogP contribution in [0.1, 0.15) is 38.2 Å². The molecule has 1 saturated carbocycles. The maximum Gasteiger partial charge on any atom is 0.0900 e. The summed E-state index contributed by atoms with van der Waals surface area (Å²) >= 11 is 6.28. The normalized spacial score (nSPS) is 17.5. The van der Waals surface area contributed by atoms with Crippen molar-refractivity contribution in [3.05, 3.63) is 34.9 Å². The van der Waals surface area contributed by atoms with Crippen LogP contribution < -0.4 is 0 Å². The zero-order valence-electron chi connectivity index (χ0n) is 12.8. The quantitative estimate of drug-likeness (QED) is 0.798. The first-order valence-electron chi connectivity index (χ1n) is 7.94. The highest BCUT2D eigenvalue weighted by atomic mass is 35.5. The predicted molar refractivity (Wildman–Crippen MR) is 86.6 cm³/mol. The van der Waals surface area contributed by atoms with E-state index in [0.29, 0.717) is 25.8 Å². The van der Waals surface area contributed by atoms with Gasteiger partial charge in [0.05, 0.1) is 12.7 Å². The van der Waals surface area contributed by atoms with Gasteiger partial charge in [0, 0.05) is 30.8 Å². The van der Waals surface area contributed by atoms with Crippen LogP contribution >= 0.6 is 11.6 Å². The Labute approximate surface area is 132 Å². The van der Waals surface area contributed by atoms with E-state index in [4.69, 9.17) is 16.3 Å². The van der Waals surface area contributed by atoms with E-state index >= 15 is 0 Å². The number of ether oxygens (including phenoxy) is 1. The molecule has 1 aliphatic carbocycles. The molecule has 1 unspecified atom stereocenters. The van der Waals surface area contributed by atoms with Gasteiger partial charge < -0.3 is 9.84 Å². The van der Waals surface area contributed by atoms with Crippen LogP contribution in [0.15, 0.2) is 24.3 Å². The number of aliphatic hydroxyl groups excluding tert-OH is 1. The molecule has 1 aromatic rings. The molecule has 1 atom stereocenters. The molecule has 3 nitrogen and oxygen atoms in total. The third-order valence-corrected chi connectivity index (χ3v) is 4.50. The summed E-state index contributed by atoms with van der Waals surface area (Å²) in [5, 5.41) is 11.0. The van der Waals surface area contributed by atoms with Crippen molar-refractivity contribution >= 4 is 11.6 Å². The summed E-state index contributed by atoms with van der Waals surface area (Å²) in [5.41, 5.74) is 1.13. The van der Waals surface area contributed by atoms with E-state index in [-0.39, 0.29) is 0 Å². The van der Waals surface area contributed by atoms with Crippen molar-refractivity contribution in [1.82, 2.24) is 4.90 Å². The predicted octanol–water partition coefficient (Wildman–Crippen LogP) is 3.48. The van der Waals surface area contributed by atoms with Crippen LogP contribution in [0.3, 0.4) is 0 Å². The number of rotatable bonds is 8. The number of aliphatic hydroxyl groups is 1. The lowest BCUT2D eigenvalue weighted by Gasteiger charge is -2.31. The van der Waals surface area contributed by atoms with E-state index in [0.717, 1.165) is 17.1 Å². The van der Waals surface area contributed by atoms with E-state index in [2.05, 4.69) is 11.0 Å². The molecule has 1 aromatic carbocycles. The van der Waals surface area contributed by atoms with E-state index in [1.54, 1.807) is 0 Å². The SMILES string of the molecule is CCOCC(O)CN(Cc1ccccc1Cl)C1CCCC1. The lowest BCUT2D eigenvalue weighted by molar-refractivity contribution is 0.0105. The van der Waals surface area contributed by atoms with Gasteiger partial charge in [0.15, 0.2) is 0 Å². The highest BCUT2D eigenvalue weighted by Crippen LogP contribution is 2.26. The number of hydrogen-bond acceptors (Lipinski definition) is 3. The molecule has 0 amide bonds. The Morgan fingerprint density at radius 3 is 2.71 bits per heavy atom. The molecule has 1 aliphatic rings. The molecule has 21 heavy (non-hydrogen) atoms. The fourth-order valence-corrected chi connectivity index (χ4v) is 3.23. The average molecular weight is 312 g/mol. The van der Waals surface area contributed by atoms with Crippen molar-refractivity contribution in [3.8, 4) is 0 Å². The Kier molecular flexibility index (Phi) is 6.97. The van der Waals surface area contributed by atoms with Crippen LogP contribution in [-0.2, 0) is 11.3 Å². The van der Waals surface area contributed by atoms with Gasteiger partial charge in [-0.15, -0.1) is 0 Å². The topological polar surface area (TPSA) is 32.7 Å². The highest BCUT2D eigenvalue weighted by Gasteiger charge is 2.25. The van der Waals surface area contributed by atoms with Gasteiger partial charge in [0.25, 0.3) is 0 Å². The van der Waals surface area contributed by atoms with Gasteiger partial charge in [-0.05, 0) is 31.4 Å². The summed E-state index contributed by atoms with van der Waals surface area (Å²) in [6.45, 7) is 4.45. The molecule has 0 aliphatic heterocycles. The molecule has 0 aromatic heterocycles. The summed E-state index contributed by atoms with van der Waals surface area (Å²) in [5.74, 6) is 0. The molecule has 0 spiro atoms. The third-order valence-electron chi connectivity index (χ3n) is 4.13. The first kappa shape index (κ1) is 16.8. The maximum atomic E-state index is 10.2. The molecular weight excluding hydrogens is 286 g/mol. The lowest BCUT2D eigenvalue weighted by atomic mass is 10.1. The molecule has 1 fully saturated rings. The molecule has 1 N–H and O–H groups in total. The van der Waals surface area contributed by atoms with E-state index in [1.807, 2.05) is 25.1 Å². The van der Waals surface area contributed by atoms with E-state index in [9.17, 15) is 5.11 Å². The lowest BCUT2D eigenvalue weighted by Crippen LogP contribution is -2.40. The van der Waals surface area contributed by atoms with E-state index in [1.165, 1.54) is 25.7 Å². The first-order chi connectivity index (χ1) is 10.2. The summed E-state index contributed by atoms with van der Waals surface area (Å²) < 4.78 is 5.33. The van der Waals surface area contributed by atoms with E-state index < -0.39 is 6.10 Å². The van der Waals surface area contributed by atoms with Gasteiger partial charge in [0.1, 0.15) is 0 Å². The number of nitrogens with zero attached hydrogens (tertiary/aromatic N) is 1. The van der Waals surface area contributed by atoms with Crippen LogP contribution in [0, 0.1) is 0 Å². The van der Waals surface area contributed by atoms with Crippen LogP contribution in [0.2, 0.25) is 5.02 Å². The Hall–Kier alpha value is -0.610. The third kappa shape index (κ3) is 5.26. The Morgan fingerprint density at radius 2 is 2.05 bits per heavy atom. The summed E-state index contributed by atoms with van der Waals surface area (Å²) in [7, 11) is 0. The fraction of sp³-hybridized carbons (Fsp3) is 0.647. The molecule has 0 radical (unpaired) electrons. The second-order valence-corrected chi connectivity index (χ2v) is 6.18.